The Bertz CT molecular complexity index is 415. The maximum Gasteiger partial charge on any atom is 0.401 e. The van der Waals surface area contributed by atoms with Crippen LogP contribution < -0.4 is 0 Å². The third-order valence-electron chi connectivity index (χ3n) is 3.25. The summed E-state index contributed by atoms with van der Waals surface area (Å²) in [6.45, 7) is 1.74. The van der Waals surface area contributed by atoms with Gasteiger partial charge in [-0.25, -0.2) is 0 Å². The number of hydrogen-bond acceptors (Lipinski definition) is 3. The van der Waals surface area contributed by atoms with Crippen molar-refractivity contribution in [1.82, 2.24) is 9.80 Å². The van der Waals surface area contributed by atoms with Crippen LogP contribution in [0.2, 0.25) is 0 Å². The van der Waals surface area contributed by atoms with Crippen LogP contribution in [0.15, 0.2) is 24.3 Å². The highest BCUT2D eigenvalue weighted by atomic mass is 19.4. The lowest BCUT2D eigenvalue weighted by Crippen LogP contribution is -2.48. The lowest BCUT2D eigenvalue weighted by molar-refractivity contribution is -0.149. The molecule has 1 saturated heterocycles. The first-order chi connectivity index (χ1) is 8.94. The van der Waals surface area contributed by atoms with Gasteiger partial charge in [-0.3, -0.25) is 9.80 Å². The molecule has 1 N–H and O–H groups in total. The standard InChI is InChI=1S/C13H17F3N2O/c14-13(15,16)10-18-7-5-17(6-8-18)9-11-3-1-2-4-12(11)19/h1-4,19H,5-10H2. The summed E-state index contributed by atoms with van der Waals surface area (Å²) in [5.74, 6) is 0.236. The van der Waals surface area contributed by atoms with Crippen LogP contribution in [0.4, 0.5) is 13.2 Å². The van der Waals surface area contributed by atoms with Crippen LogP contribution in [-0.2, 0) is 6.54 Å². The van der Waals surface area contributed by atoms with Crippen molar-refractivity contribution in [2.24, 2.45) is 0 Å². The predicted octanol–water partition coefficient (Wildman–Crippen LogP) is 2.07. The quantitative estimate of drug-likeness (QED) is 0.914. The average Bonchev–Trinajstić information content (AvgIpc) is 2.33. The van der Waals surface area contributed by atoms with Crippen molar-refractivity contribution in [2.75, 3.05) is 32.7 Å². The molecule has 0 aromatic heterocycles. The fourth-order valence-corrected chi connectivity index (χ4v) is 2.24. The molecular weight excluding hydrogens is 257 g/mol. The molecular formula is C13H17F3N2O. The van der Waals surface area contributed by atoms with Gasteiger partial charge < -0.3 is 5.11 Å². The van der Waals surface area contributed by atoms with E-state index in [1.807, 2.05) is 12.1 Å². The molecule has 1 fully saturated rings. The van der Waals surface area contributed by atoms with Crippen LogP contribution in [0, 0.1) is 0 Å². The zero-order valence-corrected chi connectivity index (χ0v) is 10.5. The summed E-state index contributed by atoms with van der Waals surface area (Å²) in [7, 11) is 0. The third-order valence-corrected chi connectivity index (χ3v) is 3.25. The Kier molecular flexibility index (Phi) is 4.31. The van der Waals surface area contributed by atoms with Crippen LogP contribution in [0.1, 0.15) is 5.56 Å². The average molecular weight is 274 g/mol. The Balaban J connectivity index is 1.82. The molecule has 1 aromatic carbocycles. The summed E-state index contributed by atoms with van der Waals surface area (Å²) in [5.41, 5.74) is 0.812. The van der Waals surface area contributed by atoms with Gasteiger partial charge in [0.2, 0.25) is 0 Å². The van der Waals surface area contributed by atoms with Crippen molar-refractivity contribution in [2.45, 2.75) is 12.7 Å². The van der Waals surface area contributed by atoms with E-state index in [4.69, 9.17) is 0 Å². The normalized spacial score (nSPS) is 18.7. The molecule has 0 unspecified atom stereocenters. The summed E-state index contributed by atoms with van der Waals surface area (Å²) in [6.07, 6.45) is -4.13. The van der Waals surface area contributed by atoms with Gasteiger partial charge in [-0.2, -0.15) is 13.2 Å². The van der Waals surface area contributed by atoms with Gasteiger partial charge in [0.05, 0.1) is 6.54 Å². The Hall–Kier alpha value is -1.27. The Morgan fingerprint density at radius 1 is 1.00 bits per heavy atom. The second kappa shape index (κ2) is 5.79. The molecule has 19 heavy (non-hydrogen) atoms. The Labute approximate surface area is 110 Å². The second-order valence-corrected chi connectivity index (χ2v) is 4.80. The van der Waals surface area contributed by atoms with Gasteiger partial charge in [0.25, 0.3) is 0 Å². The number of piperazine rings is 1. The molecule has 0 spiro atoms. The first-order valence-corrected chi connectivity index (χ1v) is 6.22. The fraction of sp³-hybridized carbons (Fsp3) is 0.538. The van der Waals surface area contributed by atoms with E-state index >= 15 is 0 Å². The van der Waals surface area contributed by atoms with Crippen molar-refractivity contribution in [3.8, 4) is 5.75 Å². The fourth-order valence-electron chi connectivity index (χ4n) is 2.24. The largest absolute Gasteiger partial charge is 0.508 e. The van der Waals surface area contributed by atoms with E-state index < -0.39 is 12.7 Å². The van der Waals surface area contributed by atoms with Crippen LogP contribution >= 0.6 is 0 Å². The molecule has 0 amide bonds. The number of alkyl halides is 3. The minimum Gasteiger partial charge on any atom is -0.508 e. The van der Waals surface area contributed by atoms with Crippen molar-refractivity contribution in [3.05, 3.63) is 29.8 Å². The van der Waals surface area contributed by atoms with Gasteiger partial charge in [-0.1, -0.05) is 18.2 Å². The molecule has 1 aliphatic rings. The summed E-state index contributed by atoms with van der Waals surface area (Å²) >= 11 is 0. The molecule has 106 valence electrons. The number of halogens is 3. The molecule has 3 nitrogen and oxygen atoms in total. The topological polar surface area (TPSA) is 26.7 Å². The van der Waals surface area contributed by atoms with Gasteiger partial charge >= 0.3 is 6.18 Å². The molecule has 0 radical (unpaired) electrons. The second-order valence-electron chi connectivity index (χ2n) is 4.80. The van der Waals surface area contributed by atoms with E-state index in [0.29, 0.717) is 32.7 Å². The smallest absolute Gasteiger partial charge is 0.401 e. The van der Waals surface area contributed by atoms with Gasteiger partial charge in [-0.15, -0.1) is 0 Å². The molecule has 0 aliphatic carbocycles. The van der Waals surface area contributed by atoms with Gasteiger partial charge in [0, 0.05) is 38.3 Å². The maximum atomic E-state index is 12.2. The summed E-state index contributed by atoms with van der Waals surface area (Å²) < 4.78 is 36.7. The van der Waals surface area contributed by atoms with E-state index in [0.717, 1.165) is 5.56 Å². The Morgan fingerprint density at radius 3 is 2.16 bits per heavy atom. The molecule has 6 heteroatoms. The summed E-state index contributed by atoms with van der Waals surface area (Å²) in [6, 6.07) is 7.04. The Morgan fingerprint density at radius 2 is 1.58 bits per heavy atom. The first kappa shape index (κ1) is 14.1. The highest BCUT2D eigenvalue weighted by molar-refractivity contribution is 5.31. The highest BCUT2D eigenvalue weighted by Gasteiger charge is 2.32. The van der Waals surface area contributed by atoms with Gasteiger partial charge in [0.15, 0.2) is 0 Å². The number of nitrogens with zero attached hydrogens (tertiary/aromatic N) is 2. The molecule has 1 aromatic rings. The molecule has 0 atom stereocenters. The molecule has 0 bridgehead atoms. The SMILES string of the molecule is Oc1ccccc1CN1CCN(CC(F)(F)F)CC1. The molecule has 1 heterocycles. The van der Waals surface area contributed by atoms with Gasteiger partial charge in [0.1, 0.15) is 5.75 Å². The zero-order chi connectivity index (χ0) is 13.9. The summed E-state index contributed by atoms with van der Waals surface area (Å²) in [5, 5.41) is 9.66. The number of para-hydroxylation sites is 1. The lowest BCUT2D eigenvalue weighted by atomic mass is 10.1. The first-order valence-electron chi connectivity index (χ1n) is 6.22. The third kappa shape index (κ3) is 4.40. The maximum absolute atomic E-state index is 12.2. The van der Waals surface area contributed by atoms with Crippen molar-refractivity contribution in [1.29, 1.82) is 0 Å². The molecule has 2 rings (SSSR count). The van der Waals surface area contributed by atoms with Crippen molar-refractivity contribution < 1.29 is 18.3 Å². The highest BCUT2D eigenvalue weighted by Crippen LogP contribution is 2.20. The zero-order valence-electron chi connectivity index (χ0n) is 10.5. The van der Waals surface area contributed by atoms with Crippen molar-refractivity contribution >= 4 is 0 Å². The number of phenolic OH excluding ortho intramolecular Hbond substituents is 1. The number of benzene rings is 1. The molecule has 1 aliphatic heterocycles. The van der Waals surface area contributed by atoms with E-state index in [1.165, 1.54) is 4.90 Å². The number of phenols is 1. The predicted molar refractivity (Wildman–Crippen MR) is 65.9 cm³/mol. The minimum atomic E-state index is -4.13. The lowest BCUT2D eigenvalue weighted by Gasteiger charge is -2.35. The van der Waals surface area contributed by atoms with Crippen molar-refractivity contribution in [3.63, 3.8) is 0 Å². The number of rotatable bonds is 3. The van der Waals surface area contributed by atoms with E-state index in [1.54, 1.807) is 12.1 Å². The molecule has 0 saturated carbocycles. The summed E-state index contributed by atoms with van der Waals surface area (Å²) in [4.78, 5) is 3.48. The van der Waals surface area contributed by atoms with Crippen LogP contribution in [0.5, 0.6) is 5.75 Å². The van der Waals surface area contributed by atoms with E-state index in [-0.39, 0.29) is 5.75 Å². The van der Waals surface area contributed by atoms with E-state index in [2.05, 4.69) is 4.90 Å². The van der Waals surface area contributed by atoms with Crippen LogP contribution in [0.3, 0.4) is 0 Å². The van der Waals surface area contributed by atoms with Crippen LogP contribution in [-0.4, -0.2) is 53.8 Å². The van der Waals surface area contributed by atoms with Crippen LogP contribution in [0.25, 0.3) is 0 Å². The monoisotopic (exact) mass is 274 g/mol. The van der Waals surface area contributed by atoms with Gasteiger partial charge in [-0.05, 0) is 6.07 Å². The number of hydrogen-bond donors (Lipinski definition) is 1. The number of aromatic hydroxyl groups is 1. The van der Waals surface area contributed by atoms with E-state index in [9.17, 15) is 18.3 Å². The minimum absolute atomic E-state index is 0.236.